The summed E-state index contributed by atoms with van der Waals surface area (Å²) in [5.41, 5.74) is 6.68. The zero-order chi connectivity index (χ0) is 20.8. The summed E-state index contributed by atoms with van der Waals surface area (Å²) in [7, 11) is 0. The van der Waals surface area contributed by atoms with Crippen molar-refractivity contribution in [3.8, 4) is 22.5 Å². The van der Waals surface area contributed by atoms with E-state index in [1.54, 1.807) is 12.1 Å². The summed E-state index contributed by atoms with van der Waals surface area (Å²) in [5.74, 6) is 0.242. The minimum atomic E-state index is -0.446. The Hall–Kier alpha value is -4.46. The van der Waals surface area contributed by atoms with E-state index < -0.39 is 4.92 Å². The predicted molar refractivity (Wildman–Crippen MR) is 115 cm³/mol. The molecule has 4 rings (SSSR count). The molecule has 8 nitrogen and oxygen atoms in total. The summed E-state index contributed by atoms with van der Waals surface area (Å²) in [6, 6.07) is 25.5. The highest BCUT2D eigenvalue weighted by Crippen LogP contribution is 2.28. The summed E-state index contributed by atoms with van der Waals surface area (Å²) in [6.45, 7) is 0. The van der Waals surface area contributed by atoms with Crippen LogP contribution in [0.25, 0.3) is 22.5 Å². The number of nitrogens with zero attached hydrogens (tertiary/aromatic N) is 5. The van der Waals surface area contributed by atoms with Crippen LogP contribution >= 0.6 is 0 Å². The molecule has 0 radical (unpaired) electrons. The summed E-state index contributed by atoms with van der Waals surface area (Å²) in [4.78, 5) is 14.9. The van der Waals surface area contributed by atoms with Crippen LogP contribution in [-0.4, -0.2) is 26.3 Å². The van der Waals surface area contributed by atoms with Gasteiger partial charge in [0.25, 0.3) is 11.6 Å². The summed E-state index contributed by atoms with van der Waals surface area (Å²) >= 11 is 0. The Morgan fingerprint density at radius 3 is 2.00 bits per heavy atom. The van der Waals surface area contributed by atoms with Gasteiger partial charge in [0.15, 0.2) is 0 Å². The molecule has 3 aromatic carbocycles. The average Bonchev–Trinajstić information content (AvgIpc) is 2.80. The van der Waals surface area contributed by atoms with Crippen molar-refractivity contribution in [3.05, 3.63) is 101 Å². The fourth-order valence-electron chi connectivity index (χ4n) is 2.81. The van der Waals surface area contributed by atoms with E-state index >= 15 is 0 Å². The highest BCUT2D eigenvalue weighted by molar-refractivity contribution is 5.81. The number of nitro benzene ring substituents is 1. The van der Waals surface area contributed by atoms with E-state index in [4.69, 9.17) is 0 Å². The molecule has 0 aliphatic carbocycles. The second kappa shape index (κ2) is 8.70. The van der Waals surface area contributed by atoms with Gasteiger partial charge in [-0.15, -0.1) is 10.2 Å². The van der Waals surface area contributed by atoms with Gasteiger partial charge in [-0.25, -0.2) is 10.4 Å². The normalized spacial score (nSPS) is 10.8. The smallest absolute Gasteiger partial charge is 0.258 e. The average molecular weight is 396 g/mol. The van der Waals surface area contributed by atoms with Gasteiger partial charge in [0.05, 0.1) is 11.1 Å². The predicted octanol–water partition coefficient (Wildman–Crippen LogP) is 4.56. The van der Waals surface area contributed by atoms with Crippen molar-refractivity contribution in [1.29, 1.82) is 0 Å². The van der Waals surface area contributed by atoms with Crippen molar-refractivity contribution < 1.29 is 4.92 Å². The Bertz CT molecular complexity index is 1180. The molecule has 30 heavy (non-hydrogen) atoms. The number of anilines is 1. The number of benzene rings is 3. The van der Waals surface area contributed by atoms with Crippen molar-refractivity contribution >= 4 is 17.9 Å². The largest absolute Gasteiger partial charge is 0.269 e. The fourth-order valence-corrected chi connectivity index (χ4v) is 2.81. The molecule has 1 heterocycles. The Labute approximate surface area is 172 Å². The molecule has 0 fully saturated rings. The summed E-state index contributed by atoms with van der Waals surface area (Å²) in [5, 5.41) is 23.3. The Morgan fingerprint density at radius 2 is 1.40 bits per heavy atom. The number of rotatable bonds is 6. The third-order valence-corrected chi connectivity index (χ3v) is 4.26. The van der Waals surface area contributed by atoms with Crippen molar-refractivity contribution in [2.45, 2.75) is 0 Å². The standard InChI is InChI=1S/C22H16N6O2/c29-28(30)19-13-11-16(12-14-19)15-23-26-22-24-20(17-7-3-1-4-8-17)21(25-27-22)18-9-5-2-6-10-18/h1-15H,(H,24,26,27)/b23-15+. The van der Waals surface area contributed by atoms with Crippen LogP contribution in [0.15, 0.2) is 90.0 Å². The van der Waals surface area contributed by atoms with E-state index in [1.165, 1.54) is 18.3 Å². The van der Waals surface area contributed by atoms with Crippen molar-refractivity contribution in [2.24, 2.45) is 5.10 Å². The molecule has 0 saturated heterocycles. The third kappa shape index (κ3) is 4.33. The van der Waals surface area contributed by atoms with Gasteiger partial charge in [0, 0.05) is 23.3 Å². The number of hydrogen-bond acceptors (Lipinski definition) is 7. The number of hydrogen-bond donors (Lipinski definition) is 1. The minimum Gasteiger partial charge on any atom is -0.258 e. The van der Waals surface area contributed by atoms with Gasteiger partial charge in [-0.3, -0.25) is 10.1 Å². The lowest BCUT2D eigenvalue weighted by Crippen LogP contribution is -2.03. The first kappa shape index (κ1) is 18.9. The van der Waals surface area contributed by atoms with Crippen LogP contribution in [0.4, 0.5) is 11.6 Å². The van der Waals surface area contributed by atoms with Crippen LogP contribution < -0.4 is 5.43 Å². The van der Waals surface area contributed by atoms with Gasteiger partial charge in [-0.05, 0) is 17.7 Å². The van der Waals surface area contributed by atoms with Gasteiger partial charge in [0.2, 0.25) is 0 Å². The molecule has 1 N–H and O–H groups in total. The van der Waals surface area contributed by atoms with Crippen LogP contribution in [0.5, 0.6) is 0 Å². The number of aromatic nitrogens is 3. The molecule has 8 heteroatoms. The lowest BCUT2D eigenvalue weighted by atomic mass is 10.0. The number of hydrazone groups is 1. The number of nitrogens with one attached hydrogen (secondary N) is 1. The molecule has 146 valence electrons. The van der Waals surface area contributed by atoms with E-state index in [0.29, 0.717) is 17.0 Å². The van der Waals surface area contributed by atoms with E-state index in [0.717, 1.165) is 11.1 Å². The third-order valence-electron chi connectivity index (χ3n) is 4.26. The zero-order valence-electron chi connectivity index (χ0n) is 15.7. The maximum absolute atomic E-state index is 10.7. The van der Waals surface area contributed by atoms with E-state index in [2.05, 4.69) is 25.7 Å². The van der Waals surface area contributed by atoms with Crippen molar-refractivity contribution in [1.82, 2.24) is 15.2 Å². The van der Waals surface area contributed by atoms with Gasteiger partial charge in [0.1, 0.15) is 11.4 Å². The van der Waals surface area contributed by atoms with Crippen molar-refractivity contribution in [3.63, 3.8) is 0 Å². The molecule has 0 bridgehead atoms. The van der Waals surface area contributed by atoms with E-state index in [1.807, 2.05) is 60.7 Å². The summed E-state index contributed by atoms with van der Waals surface area (Å²) < 4.78 is 0. The molecule has 0 aliphatic heterocycles. The van der Waals surface area contributed by atoms with Gasteiger partial charge < -0.3 is 0 Å². The maximum Gasteiger partial charge on any atom is 0.269 e. The second-order valence-electron chi connectivity index (χ2n) is 6.28. The number of non-ortho nitro benzene ring substituents is 1. The quantitative estimate of drug-likeness (QED) is 0.291. The van der Waals surface area contributed by atoms with Gasteiger partial charge in [-0.1, -0.05) is 60.7 Å². The molecule has 0 spiro atoms. The van der Waals surface area contributed by atoms with Crippen LogP contribution in [-0.2, 0) is 0 Å². The van der Waals surface area contributed by atoms with E-state index in [9.17, 15) is 10.1 Å². The van der Waals surface area contributed by atoms with Gasteiger partial charge in [-0.2, -0.15) is 5.10 Å². The topological polar surface area (TPSA) is 106 Å². The molecule has 0 amide bonds. The Morgan fingerprint density at radius 1 is 0.800 bits per heavy atom. The first-order valence-corrected chi connectivity index (χ1v) is 9.10. The number of nitro groups is 1. The van der Waals surface area contributed by atoms with Crippen molar-refractivity contribution in [2.75, 3.05) is 5.43 Å². The maximum atomic E-state index is 10.7. The summed E-state index contributed by atoms with van der Waals surface area (Å²) in [6.07, 6.45) is 1.53. The van der Waals surface area contributed by atoms with E-state index in [-0.39, 0.29) is 11.6 Å². The molecule has 0 atom stereocenters. The monoisotopic (exact) mass is 396 g/mol. The van der Waals surface area contributed by atoms with Crippen LogP contribution in [0.2, 0.25) is 0 Å². The first-order chi connectivity index (χ1) is 14.7. The molecule has 0 aliphatic rings. The molecular weight excluding hydrogens is 380 g/mol. The fraction of sp³-hybridized carbons (Fsp3) is 0. The van der Waals surface area contributed by atoms with Crippen LogP contribution in [0.3, 0.4) is 0 Å². The molecule has 1 aromatic heterocycles. The zero-order valence-corrected chi connectivity index (χ0v) is 15.7. The second-order valence-corrected chi connectivity index (χ2v) is 6.28. The van der Waals surface area contributed by atoms with Crippen LogP contribution in [0.1, 0.15) is 5.56 Å². The molecule has 4 aromatic rings. The molecular formula is C22H16N6O2. The minimum absolute atomic E-state index is 0.0247. The lowest BCUT2D eigenvalue weighted by Gasteiger charge is -2.09. The Kier molecular flexibility index (Phi) is 5.47. The molecule has 0 unspecified atom stereocenters. The lowest BCUT2D eigenvalue weighted by molar-refractivity contribution is -0.384. The highest BCUT2D eigenvalue weighted by Gasteiger charge is 2.13. The molecule has 0 saturated carbocycles. The van der Waals surface area contributed by atoms with Crippen LogP contribution in [0, 0.1) is 10.1 Å². The Balaban J connectivity index is 1.61. The SMILES string of the molecule is O=[N+]([O-])c1ccc(/C=N/Nc2nnc(-c3ccccc3)c(-c3ccccc3)n2)cc1. The first-order valence-electron chi connectivity index (χ1n) is 9.10. The van der Waals surface area contributed by atoms with Gasteiger partial charge >= 0.3 is 0 Å². The highest BCUT2D eigenvalue weighted by atomic mass is 16.6.